The number of fused-ring (bicyclic) bond motifs is 1. The monoisotopic (exact) mass is 337 g/mol. The van der Waals surface area contributed by atoms with Crippen LogP contribution < -0.4 is 5.32 Å². The highest BCUT2D eigenvalue weighted by Crippen LogP contribution is 2.31. The summed E-state index contributed by atoms with van der Waals surface area (Å²) < 4.78 is 0.810. The number of hydrogen-bond donors (Lipinski definition) is 1. The van der Waals surface area contributed by atoms with E-state index in [4.69, 9.17) is 11.6 Å². The summed E-state index contributed by atoms with van der Waals surface area (Å²) in [5.74, 6) is 0.707. The fourth-order valence-corrected chi connectivity index (χ4v) is 2.88. The third-order valence-corrected chi connectivity index (χ3v) is 4.13. The molecule has 0 saturated heterocycles. The first-order chi connectivity index (χ1) is 9.24. The summed E-state index contributed by atoms with van der Waals surface area (Å²) in [6.45, 7) is 0. The third kappa shape index (κ3) is 2.74. The van der Waals surface area contributed by atoms with E-state index < -0.39 is 0 Å². The van der Waals surface area contributed by atoms with Gasteiger partial charge in [-0.25, -0.2) is 4.98 Å². The van der Waals surface area contributed by atoms with Crippen molar-refractivity contribution in [2.45, 2.75) is 25.7 Å². The summed E-state index contributed by atoms with van der Waals surface area (Å²) in [5, 5.41) is 3.60. The minimum atomic E-state index is 0.246. The van der Waals surface area contributed by atoms with Crippen LogP contribution in [0, 0.1) is 0 Å². The number of rotatable bonds is 2. The predicted molar refractivity (Wildman–Crippen MR) is 81.1 cm³/mol. The van der Waals surface area contributed by atoms with Crippen LogP contribution >= 0.6 is 27.5 Å². The molecular formula is C14H13BrClN3. The molecule has 1 aromatic heterocycles. The van der Waals surface area contributed by atoms with Crippen LogP contribution in [0.3, 0.4) is 0 Å². The lowest BCUT2D eigenvalue weighted by Crippen LogP contribution is -2.07. The standard InChI is InChI=1S/C14H13BrClN3/c15-11-8-17-14(16)19-13(11)18-12-7-3-5-9-4-1-2-6-10(9)12/h3,5,7-8H,1-2,4,6H2,(H,17,18,19). The molecule has 0 bridgehead atoms. The third-order valence-electron chi connectivity index (χ3n) is 3.36. The maximum atomic E-state index is 5.84. The molecule has 0 atom stereocenters. The van der Waals surface area contributed by atoms with Crippen LogP contribution in [-0.4, -0.2) is 9.97 Å². The minimum absolute atomic E-state index is 0.246. The van der Waals surface area contributed by atoms with Crippen molar-refractivity contribution in [3.8, 4) is 0 Å². The maximum absolute atomic E-state index is 5.84. The number of aryl methyl sites for hydroxylation is 1. The molecule has 0 unspecified atom stereocenters. The van der Waals surface area contributed by atoms with Crippen LogP contribution in [0.1, 0.15) is 24.0 Å². The molecule has 1 aliphatic rings. The normalized spacial score (nSPS) is 14.0. The number of aromatic nitrogens is 2. The van der Waals surface area contributed by atoms with Gasteiger partial charge < -0.3 is 5.32 Å². The molecule has 5 heteroatoms. The lowest BCUT2D eigenvalue weighted by atomic mass is 9.90. The van der Waals surface area contributed by atoms with Crippen molar-refractivity contribution in [3.05, 3.63) is 45.3 Å². The Bertz CT molecular complexity index is 616. The molecule has 98 valence electrons. The van der Waals surface area contributed by atoms with Gasteiger partial charge in [0.2, 0.25) is 5.28 Å². The number of halogens is 2. The topological polar surface area (TPSA) is 37.8 Å². The molecular weight excluding hydrogens is 326 g/mol. The zero-order chi connectivity index (χ0) is 13.2. The molecule has 0 amide bonds. The summed E-state index contributed by atoms with van der Waals surface area (Å²) >= 11 is 9.28. The lowest BCUT2D eigenvalue weighted by Gasteiger charge is -2.20. The van der Waals surface area contributed by atoms with E-state index in [-0.39, 0.29) is 5.28 Å². The lowest BCUT2D eigenvalue weighted by molar-refractivity contribution is 0.687. The Morgan fingerprint density at radius 3 is 2.95 bits per heavy atom. The van der Waals surface area contributed by atoms with Crippen molar-refractivity contribution in [2.24, 2.45) is 0 Å². The van der Waals surface area contributed by atoms with Crippen molar-refractivity contribution in [1.29, 1.82) is 0 Å². The van der Waals surface area contributed by atoms with Gasteiger partial charge in [0.25, 0.3) is 0 Å². The molecule has 19 heavy (non-hydrogen) atoms. The van der Waals surface area contributed by atoms with Gasteiger partial charge in [0, 0.05) is 11.9 Å². The van der Waals surface area contributed by atoms with Gasteiger partial charge in [-0.1, -0.05) is 12.1 Å². The van der Waals surface area contributed by atoms with Crippen molar-refractivity contribution < 1.29 is 0 Å². The van der Waals surface area contributed by atoms with Crippen molar-refractivity contribution >= 4 is 39.0 Å². The first-order valence-corrected chi connectivity index (χ1v) is 7.47. The van der Waals surface area contributed by atoms with Crippen LogP contribution in [0.15, 0.2) is 28.9 Å². The molecule has 1 heterocycles. The van der Waals surface area contributed by atoms with Crippen molar-refractivity contribution in [2.75, 3.05) is 5.32 Å². The second-order valence-corrected chi connectivity index (χ2v) is 5.80. The Morgan fingerprint density at radius 2 is 2.05 bits per heavy atom. The van der Waals surface area contributed by atoms with E-state index in [1.54, 1.807) is 6.20 Å². The number of anilines is 2. The van der Waals surface area contributed by atoms with E-state index in [2.05, 4.69) is 49.4 Å². The van der Waals surface area contributed by atoms with E-state index >= 15 is 0 Å². The number of nitrogens with zero attached hydrogens (tertiary/aromatic N) is 2. The Morgan fingerprint density at radius 1 is 1.21 bits per heavy atom. The quantitative estimate of drug-likeness (QED) is 0.818. The summed E-state index contributed by atoms with van der Waals surface area (Å²) in [6.07, 6.45) is 6.47. The second kappa shape index (κ2) is 5.47. The second-order valence-electron chi connectivity index (χ2n) is 4.61. The average Bonchev–Trinajstić information content (AvgIpc) is 2.43. The van der Waals surface area contributed by atoms with Crippen LogP contribution in [0.25, 0.3) is 0 Å². The SMILES string of the molecule is Clc1ncc(Br)c(Nc2cccc3c2CCCC3)n1. The Labute approximate surface area is 125 Å². The number of hydrogen-bond acceptors (Lipinski definition) is 3. The van der Waals surface area contributed by atoms with Gasteiger partial charge in [0.15, 0.2) is 0 Å². The fourth-order valence-electron chi connectivity index (χ4n) is 2.46. The van der Waals surface area contributed by atoms with E-state index in [1.807, 2.05) is 0 Å². The molecule has 1 N–H and O–H groups in total. The van der Waals surface area contributed by atoms with Gasteiger partial charge in [-0.3, -0.25) is 0 Å². The molecule has 0 fully saturated rings. The van der Waals surface area contributed by atoms with Crippen LogP contribution in [0.2, 0.25) is 5.28 Å². The minimum Gasteiger partial charge on any atom is -0.339 e. The summed E-state index contributed by atoms with van der Waals surface area (Å²) in [7, 11) is 0. The highest BCUT2D eigenvalue weighted by Gasteiger charge is 2.14. The predicted octanol–water partition coefficient (Wildman–Crippen LogP) is 4.51. The molecule has 1 aliphatic carbocycles. The first kappa shape index (κ1) is 12.9. The van der Waals surface area contributed by atoms with Gasteiger partial charge in [-0.05, 0) is 70.4 Å². The molecule has 1 aromatic carbocycles. The Balaban J connectivity index is 1.97. The highest BCUT2D eigenvalue weighted by atomic mass is 79.9. The molecule has 0 aliphatic heterocycles. The number of nitrogens with one attached hydrogen (secondary N) is 1. The van der Waals surface area contributed by atoms with Crippen molar-refractivity contribution in [3.63, 3.8) is 0 Å². The Kier molecular flexibility index (Phi) is 3.71. The summed E-state index contributed by atoms with van der Waals surface area (Å²) in [4.78, 5) is 8.15. The molecule has 3 nitrogen and oxygen atoms in total. The van der Waals surface area contributed by atoms with Gasteiger partial charge in [0.05, 0.1) is 4.47 Å². The highest BCUT2D eigenvalue weighted by molar-refractivity contribution is 9.10. The molecule has 2 aromatic rings. The first-order valence-electron chi connectivity index (χ1n) is 6.30. The van der Waals surface area contributed by atoms with Crippen LogP contribution in [0.5, 0.6) is 0 Å². The molecule has 3 rings (SSSR count). The van der Waals surface area contributed by atoms with Crippen LogP contribution in [0.4, 0.5) is 11.5 Å². The van der Waals surface area contributed by atoms with Gasteiger partial charge in [0.1, 0.15) is 5.82 Å². The van der Waals surface area contributed by atoms with Crippen molar-refractivity contribution in [1.82, 2.24) is 9.97 Å². The van der Waals surface area contributed by atoms with Gasteiger partial charge >= 0.3 is 0 Å². The smallest absolute Gasteiger partial charge is 0.224 e. The zero-order valence-electron chi connectivity index (χ0n) is 10.3. The maximum Gasteiger partial charge on any atom is 0.224 e. The average molecular weight is 339 g/mol. The summed E-state index contributed by atoms with van der Waals surface area (Å²) in [6, 6.07) is 6.39. The molecule has 0 saturated carbocycles. The van der Waals surface area contributed by atoms with E-state index in [9.17, 15) is 0 Å². The Hall–Kier alpha value is -1.13. The molecule has 0 spiro atoms. The van der Waals surface area contributed by atoms with Gasteiger partial charge in [-0.2, -0.15) is 4.98 Å². The van der Waals surface area contributed by atoms with E-state index in [0.717, 1.165) is 23.0 Å². The van der Waals surface area contributed by atoms with E-state index in [0.29, 0.717) is 5.82 Å². The van der Waals surface area contributed by atoms with Crippen LogP contribution in [-0.2, 0) is 12.8 Å². The van der Waals surface area contributed by atoms with E-state index in [1.165, 1.54) is 24.0 Å². The van der Waals surface area contributed by atoms with Gasteiger partial charge in [-0.15, -0.1) is 0 Å². The zero-order valence-corrected chi connectivity index (χ0v) is 12.6. The summed E-state index contributed by atoms with van der Waals surface area (Å²) in [5.41, 5.74) is 3.95. The number of benzene rings is 1. The fraction of sp³-hybridized carbons (Fsp3) is 0.286. The molecule has 0 radical (unpaired) electrons. The largest absolute Gasteiger partial charge is 0.339 e.